The Morgan fingerprint density at radius 1 is 0.222 bits per heavy atom. The van der Waals surface area contributed by atoms with Crippen LogP contribution in [0.25, 0.3) is 0 Å². The first-order valence-electron chi connectivity index (χ1n) is 45.5. The van der Waals surface area contributed by atoms with Crippen molar-refractivity contribution in [2.24, 2.45) is 104 Å². The summed E-state index contributed by atoms with van der Waals surface area (Å²) in [5.74, 6) is 2.53. The number of unbranched alkanes of at least 4 members (excludes halogenated alkanes) is 6. The highest BCUT2D eigenvalue weighted by atomic mass is 16.4. The van der Waals surface area contributed by atoms with Gasteiger partial charge in [0, 0.05) is 19.8 Å². The number of carboxylic acid groups (broad SMARTS) is 3. The normalized spacial score (nSPS) is 29.9. The van der Waals surface area contributed by atoms with Crippen molar-refractivity contribution < 1.29 is 75.7 Å². The summed E-state index contributed by atoms with van der Waals surface area (Å²) < 4.78 is 0. The number of aliphatic hydroxyl groups excluding tert-OH is 9. The van der Waals surface area contributed by atoms with Crippen molar-refractivity contribution in [1.29, 1.82) is 0 Å². The van der Waals surface area contributed by atoms with Gasteiger partial charge < -0.3 is 61.3 Å². The summed E-state index contributed by atoms with van der Waals surface area (Å²) >= 11 is 0. The summed E-state index contributed by atoms with van der Waals surface area (Å²) in [5, 5.41) is 122. The predicted molar refractivity (Wildman–Crippen MR) is 440 cm³/mol. The lowest BCUT2D eigenvalue weighted by molar-refractivity contribution is -0.148. The Hall–Kier alpha value is -1.95. The number of aliphatic carboxylic acids is 3. The maximum Gasteiger partial charge on any atom is 0.309 e. The van der Waals surface area contributed by atoms with Crippen LogP contribution >= 0.6 is 0 Å². The van der Waals surface area contributed by atoms with E-state index in [2.05, 4.69) is 41.5 Å². The third-order valence-electron chi connectivity index (χ3n) is 29.1. The van der Waals surface area contributed by atoms with Crippen molar-refractivity contribution in [1.82, 2.24) is 0 Å². The van der Waals surface area contributed by atoms with Crippen molar-refractivity contribution in [2.45, 2.75) is 447 Å². The van der Waals surface area contributed by atoms with Crippen LogP contribution < -0.4 is 0 Å². The summed E-state index contributed by atoms with van der Waals surface area (Å²) in [5.41, 5.74) is -1.96. The van der Waals surface area contributed by atoms with Crippen LogP contribution in [0.5, 0.6) is 0 Å². The molecular weight excluding hydrogens is 1360 g/mol. The van der Waals surface area contributed by atoms with Gasteiger partial charge >= 0.3 is 17.9 Å². The van der Waals surface area contributed by atoms with E-state index in [1.54, 1.807) is 41.5 Å². The van der Waals surface area contributed by atoms with Crippen molar-refractivity contribution in [3.05, 3.63) is 0 Å². The Labute approximate surface area is 660 Å². The van der Waals surface area contributed by atoms with Crippen molar-refractivity contribution in [3.63, 3.8) is 0 Å². The molecule has 0 aromatic heterocycles. The number of carbonyl (C=O) groups is 3. The molecule has 0 aromatic rings. The van der Waals surface area contributed by atoms with Crippen LogP contribution in [0.3, 0.4) is 0 Å². The maximum atomic E-state index is 11.3. The second-order valence-electron chi connectivity index (χ2n) is 41.5. The Morgan fingerprint density at radius 3 is 0.481 bits per heavy atom. The first-order valence-corrected chi connectivity index (χ1v) is 45.5. The minimum absolute atomic E-state index is 0.00761. The molecule has 0 bridgehead atoms. The van der Waals surface area contributed by atoms with Gasteiger partial charge in [0.2, 0.25) is 0 Å². The topological polar surface area (TPSA) is 294 Å². The molecule has 6 fully saturated rings. The molecule has 0 radical (unpaired) electrons. The summed E-state index contributed by atoms with van der Waals surface area (Å²) in [4.78, 5) is 33.9. The number of aliphatic hydroxyl groups is 9. The minimum Gasteiger partial charge on any atom is -0.481 e. The number of hydrogen-bond donors (Lipinski definition) is 12. The van der Waals surface area contributed by atoms with Gasteiger partial charge in [-0.2, -0.15) is 0 Å². The fourth-order valence-corrected chi connectivity index (χ4v) is 20.4. The molecule has 0 amide bonds. The van der Waals surface area contributed by atoms with E-state index in [1.807, 2.05) is 0 Å². The lowest BCUT2D eigenvalue weighted by Gasteiger charge is -2.37. The number of rotatable bonds is 48. The Morgan fingerprint density at radius 2 is 0.352 bits per heavy atom. The number of carboxylic acids is 3. The molecule has 6 saturated carbocycles. The standard InChI is InChI=1S/C31H56O6.C31H58O5.C31H60O4/c1-30(2,28(34)35)20-7-5-12-22-14-9-16-24(26(22)32)18-11-19-25-17-10-15-23(27(25)33)13-6-8-21-31(3,4)29(36)37;1-30(2,22-32)20-7-5-12-23-14-9-16-25(27(23)33)18-11-19-26-17-10-15-24(28(26)34)13-6-8-21-31(3,4)29(35)36;1-30(2,22-32)20-7-5-12-24-14-9-16-26(28(24)34)18-11-19-27-17-10-15-25(29(27)35)13-6-8-21-31(3,4)23-33/h22-27,32-33H,5-21H2,1-4H3,(H,34,35)(H,36,37);23-28,32-34H,5-22H2,1-4H3,(H,35,36);24-29,32-35H,5-23H2,1-4H3. The molecule has 108 heavy (non-hydrogen) atoms. The van der Waals surface area contributed by atoms with E-state index in [1.165, 1.54) is 51.4 Å². The van der Waals surface area contributed by atoms with E-state index in [9.17, 15) is 75.7 Å². The van der Waals surface area contributed by atoms with Gasteiger partial charge in [-0.3, -0.25) is 14.4 Å². The molecule has 0 saturated heterocycles. The van der Waals surface area contributed by atoms with Gasteiger partial charge in [0.25, 0.3) is 0 Å². The zero-order valence-corrected chi connectivity index (χ0v) is 71.7. The lowest BCUT2D eigenvalue weighted by Crippen LogP contribution is -2.35. The molecule has 12 N–H and O–H groups in total. The van der Waals surface area contributed by atoms with Crippen molar-refractivity contribution >= 4 is 17.9 Å². The highest BCUT2D eigenvalue weighted by molar-refractivity contribution is 5.74. The smallest absolute Gasteiger partial charge is 0.309 e. The van der Waals surface area contributed by atoms with Crippen molar-refractivity contribution in [3.8, 4) is 0 Å². The molecule has 18 atom stereocenters. The maximum absolute atomic E-state index is 11.3. The van der Waals surface area contributed by atoms with Gasteiger partial charge in [0.05, 0.1) is 52.9 Å². The highest BCUT2D eigenvalue weighted by Gasteiger charge is 2.39. The van der Waals surface area contributed by atoms with E-state index in [0.717, 1.165) is 257 Å². The first kappa shape index (κ1) is 98.4. The Kier molecular flexibility index (Phi) is 45.4. The van der Waals surface area contributed by atoms with Gasteiger partial charge in [0.15, 0.2) is 0 Å². The lowest BCUT2D eigenvalue weighted by atomic mass is 9.72. The molecule has 6 aliphatic carbocycles. The summed E-state index contributed by atoms with van der Waals surface area (Å²) in [6.45, 7) is 24.2. The van der Waals surface area contributed by atoms with Gasteiger partial charge in [-0.05, 0) is 321 Å². The van der Waals surface area contributed by atoms with E-state index in [0.29, 0.717) is 90.3 Å². The molecule has 6 rings (SSSR count). The molecule has 6 aliphatic rings. The molecule has 0 spiro atoms. The molecule has 18 unspecified atom stereocenters. The van der Waals surface area contributed by atoms with Crippen LogP contribution in [0.1, 0.15) is 411 Å². The third-order valence-corrected chi connectivity index (χ3v) is 29.1. The fourth-order valence-electron chi connectivity index (χ4n) is 20.4. The quantitative estimate of drug-likeness (QED) is 0.0252. The van der Waals surface area contributed by atoms with Gasteiger partial charge in [0.1, 0.15) is 0 Å². The summed E-state index contributed by atoms with van der Waals surface area (Å²) in [6.07, 6.45) is 53.3. The van der Waals surface area contributed by atoms with Gasteiger partial charge in [-0.25, -0.2) is 0 Å². The van der Waals surface area contributed by atoms with Gasteiger partial charge in [-0.15, -0.1) is 0 Å². The average Bonchev–Trinajstić information content (AvgIpc) is 0.863. The monoisotopic (exact) mass is 1530 g/mol. The largest absolute Gasteiger partial charge is 0.481 e. The molecular formula is C93H174O15. The van der Waals surface area contributed by atoms with Crippen LogP contribution in [-0.2, 0) is 14.4 Å². The zero-order chi connectivity index (χ0) is 80.3. The second-order valence-corrected chi connectivity index (χ2v) is 41.5. The van der Waals surface area contributed by atoms with E-state index >= 15 is 0 Å². The predicted octanol–water partition coefficient (Wildman–Crippen LogP) is 20.9. The van der Waals surface area contributed by atoms with E-state index < -0.39 is 34.2 Å². The third kappa shape index (κ3) is 36.1. The molecule has 0 aromatic carbocycles. The molecule has 636 valence electrons. The SMILES string of the molecule is CC(C)(CCCCC1CCCC(CCCC2CCCC(CCCCC(C)(C)C(=O)O)C2O)C1O)C(=O)O.CC(C)(CO)CCCCC1CCCC(CCCC2CCCC(CCCCC(C)(C)C(=O)O)C2O)C1O.CC(C)(CO)CCCCC1CCCC(CCCC2CCCC(CCCCC(C)(C)CO)C2O)C1O. The molecule has 0 heterocycles. The molecule has 0 aliphatic heterocycles. The average molecular weight is 1530 g/mol. The van der Waals surface area contributed by atoms with E-state index in [4.69, 9.17) is 0 Å². The Bertz CT molecular complexity index is 2300. The van der Waals surface area contributed by atoms with Crippen LogP contribution in [0.15, 0.2) is 0 Å². The second kappa shape index (κ2) is 49.8. The van der Waals surface area contributed by atoms with Crippen LogP contribution in [0, 0.1) is 104 Å². The first-order chi connectivity index (χ1) is 50.9. The molecule has 15 heteroatoms. The zero-order valence-electron chi connectivity index (χ0n) is 71.7. The summed E-state index contributed by atoms with van der Waals surface area (Å²) in [6, 6.07) is 0. The fraction of sp³-hybridized carbons (Fsp3) is 0.968. The van der Waals surface area contributed by atoms with E-state index in [-0.39, 0.29) is 72.7 Å². The van der Waals surface area contributed by atoms with Crippen LogP contribution in [0.2, 0.25) is 0 Å². The van der Waals surface area contributed by atoms with Crippen LogP contribution in [0.4, 0.5) is 0 Å². The van der Waals surface area contributed by atoms with Crippen LogP contribution in [-0.4, -0.2) is 136 Å². The summed E-state index contributed by atoms with van der Waals surface area (Å²) in [7, 11) is 0. The molecule has 15 nitrogen and oxygen atoms in total. The Balaban J connectivity index is 0.000000342. The van der Waals surface area contributed by atoms with Crippen molar-refractivity contribution in [2.75, 3.05) is 19.8 Å². The highest BCUT2D eigenvalue weighted by Crippen LogP contribution is 2.45. The van der Waals surface area contributed by atoms with Gasteiger partial charge in [-0.1, -0.05) is 176 Å². The number of hydrogen-bond acceptors (Lipinski definition) is 12. The minimum atomic E-state index is -0.737.